The fourth-order valence-electron chi connectivity index (χ4n) is 2.51. The Bertz CT molecular complexity index is 542. The smallest absolute Gasteiger partial charge is 0.133 e. The van der Waals surface area contributed by atoms with Crippen molar-refractivity contribution in [3.8, 4) is 0 Å². The number of nitrogens with zero attached hydrogens (tertiary/aromatic N) is 1. The maximum Gasteiger partial charge on any atom is 0.133 e. The summed E-state index contributed by atoms with van der Waals surface area (Å²) in [6.07, 6.45) is 4.12. The highest BCUT2D eigenvalue weighted by molar-refractivity contribution is 5.91. The summed E-state index contributed by atoms with van der Waals surface area (Å²) in [5.74, 6) is 0.949. The van der Waals surface area contributed by atoms with Crippen LogP contribution in [0.2, 0.25) is 0 Å². The second-order valence-corrected chi connectivity index (χ2v) is 5.14. The van der Waals surface area contributed by atoms with E-state index in [2.05, 4.69) is 29.4 Å². The monoisotopic (exact) mass is 242 g/mol. The third-order valence-electron chi connectivity index (χ3n) is 3.60. The number of rotatable bonds is 3. The Morgan fingerprint density at radius 2 is 2.22 bits per heavy atom. The molecule has 0 saturated carbocycles. The minimum absolute atomic E-state index is 0.0430. The van der Waals surface area contributed by atoms with Crippen molar-refractivity contribution in [3.63, 3.8) is 0 Å². The Balaban J connectivity index is 1.82. The first-order chi connectivity index (χ1) is 8.77. The topological polar surface area (TPSA) is 34.2 Å². The van der Waals surface area contributed by atoms with Crippen molar-refractivity contribution in [2.45, 2.75) is 25.4 Å². The summed E-state index contributed by atoms with van der Waals surface area (Å²) in [5, 5.41) is 5.82. The van der Waals surface area contributed by atoms with Crippen LogP contribution in [0.1, 0.15) is 19.8 Å². The first-order valence-electron chi connectivity index (χ1n) is 6.48. The van der Waals surface area contributed by atoms with Crippen LogP contribution < -0.4 is 5.32 Å². The summed E-state index contributed by atoms with van der Waals surface area (Å²) < 4.78 is 5.78. The first-order valence-corrected chi connectivity index (χ1v) is 6.48. The van der Waals surface area contributed by atoms with E-state index in [4.69, 9.17) is 4.74 Å². The number of pyridine rings is 1. The molecule has 3 nitrogen and oxygen atoms in total. The van der Waals surface area contributed by atoms with Crippen molar-refractivity contribution < 1.29 is 4.74 Å². The van der Waals surface area contributed by atoms with Crippen LogP contribution in [-0.2, 0) is 4.74 Å². The van der Waals surface area contributed by atoms with Crippen molar-refractivity contribution in [1.29, 1.82) is 0 Å². The van der Waals surface area contributed by atoms with E-state index >= 15 is 0 Å². The minimum atomic E-state index is -0.0430. The van der Waals surface area contributed by atoms with Gasteiger partial charge in [-0.15, -0.1) is 0 Å². The molecule has 1 aliphatic heterocycles. The zero-order valence-corrected chi connectivity index (χ0v) is 10.6. The van der Waals surface area contributed by atoms with Gasteiger partial charge in [0.2, 0.25) is 0 Å². The van der Waals surface area contributed by atoms with Gasteiger partial charge in [-0.2, -0.15) is 0 Å². The molecule has 0 bridgehead atoms. The van der Waals surface area contributed by atoms with Crippen molar-refractivity contribution in [2.24, 2.45) is 0 Å². The van der Waals surface area contributed by atoms with Crippen molar-refractivity contribution in [3.05, 3.63) is 36.5 Å². The minimum Gasteiger partial charge on any atom is -0.373 e. The molecule has 0 radical (unpaired) electrons. The van der Waals surface area contributed by atoms with Gasteiger partial charge in [0.1, 0.15) is 5.82 Å². The van der Waals surface area contributed by atoms with Crippen LogP contribution in [0, 0.1) is 0 Å². The van der Waals surface area contributed by atoms with Gasteiger partial charge in [0.25, 0.3) is 0 Å². The number of ether oxygens (including phenoxy) is 1. The Labute approximate surface area is 107 Å². The Morgan fingerprint density at radius 3 is 3.06 bits per heavy atom. The van der Waals surface area contributed by atoms with E-state index in [1.54, 1.807) is 0 Å². The lowest BCUT2D eigenvalue weighted by molar-refractivity contribution is 0.0315. The number of anilines is 1. The predicted molar refractivity (Wildman–Crippen MR) is 73.8 cm³/mol. The van der Waals surface area contributed by atoms with Gasteiger partial charge in [-0.05, 0) is 31.2 Å². The molecule has 0 spiro atoms. The van der Waals surface area contributed by atoms with Crippen LogP contribution in [0.15, 0.2) is 36.5 Å². The van der Waals surface area contributed by atoms with Gasteiger partial charge in [-0.3, -0.25) is 0 Å². The van der Waals surface area contributed by atoms with Crippen LogP contribution >= 0.6 is 0 Å². The molecule has 0 amide bonds. The predicted octanol–water partition coefficient (Wildman–Crippen LogP) is 3.22. The molecule has 3 rings (SSSR count). The zero-order chi connectivity index (χ0) is 12.4. The second-order valence-electron chi connectivity index (χ2n) is 5.14. The van der Waals surface area contributed by atoms with Gasteiger partial charge in [-0.25, -0.2) is 4.98 Å². The van der Waals surface area contributed by atoms with E-state index < -0.39 is 0 Å². The van der Waals surface area contributed by atoms with E-state index in [0.29, 0.717) is 0 Å². The average molecular weight is 242 g/mol. The molecule has 1 unspecified atom stereocenters. The SMILES string of the molecule is CC1(CNc2nccc3ccccc23)CCCO1. The van der Waals surface area contributed by atoms with E-state index in [0.717, 1.165) is 31.8 Å². The highest BCUT2D eigenvalue weighted by Gasteiger charge is 2.29. The molecule has 1 N–H and O–H groups in total. The molecule has 94 valence electrons. The molecule has 1 aliphatic rings. The molecule has 2 aromatic rings. The van der Waals surface area contributed by atoms with Crippen LogP contribution in [0.5, 0.6) is 0 Å². The number of nitrogens with one attached hydrogen (secondary N) is 1. The van der Waals surface area contributed by atoms with E-state index in [-0.39, 0.29) is 5.60 Å². The van der Waals surface area contributed by atoms with Crippen LogP contribution in [0.4, 0.5) is 5.82 Å². The number of hydrogen-bond acceptors (Lipinski definition) is 3. The van der Waals surface area contributed by atoms with E-state index in [1.165, 1.54) is 10.8 Å². The summed E-state index contributed by atoms with van der Waals surface area (Å²) >= 11 is 0. The highest BCUT2D eigenvalue weighted by atomic mass is 16.5. The molecular weight excluding hydrogens is 224 g/mol. The molecule has 1 fully saturated rings. The first kappa shape index (κ1) is 11.5. The van der Waals surface area contributed by atoms with Crippen LogP contribution in [0.25, 0.3) is 10.8 Å². The molecule has 1 atom stereocenters. The maximum atomic E-state index is 5.78. The average Bonchev–Trinajstić information content (AvgIpc) is 2.84. The van der Waals surface area contributed by atoms with Gasteiger partial charge in [0, 0.05) is 24.7 Å². The quantitative estimate of drug-likeness (QED) is 0.897. The lowest BCUT2D eigenvalue weighted by Gasteiger charge is -2.24. The molecule has 18 heavy (non-hydrogen) atoms. The summed E-state index contributed by atoms with van der Waals surface area (Å²) in [6, 6.07) is 10.3. The Hall–Kier alpha value is -1.61. The molecule has 3 heteroatoms. The third kappa shape index (κ3) is 2.18. The Kier molecular flexibility index (Phi) is 2.92. The maximum absolute atomic E-state index is 5.78. The number of benzene rings is 1. The van der Waals surface area contributed by atoms with E-state index in [1.807, 2.05) is 24.4 Å². The Morgan fingerprint density at radius 1 is 1.33 bits per heavy atom. The lowest BCUT2D eigenvalue weighted by Crippen LogP contribution is -2.32. The largest absolute Gasteiger partial charge is 0.373 e. The molecule has 1 aromatic heterocycles. The summed E-state index contributed by atoms with van der Waals surface area (Å²) in [5.41, 5.74) is -0.0430. The van der Waals surface area contributed by atoms with Crippen LogP contribution in [-0.4, -0.2) is 23.7 Å². The summed E-state index contributed by atoms with van der Waals surface area (Å²) in [4.78, 5) is 4.43. The van der Waals surface area contributed by atoms with Crippen molar-refractivity contribution in [1.82, 2.24) is 4.98 Å². The number of aromatic nitrogens is 1. The standard InChI is InChI=1S/C15H18N2O/c1-15(8-4-10-18-15)11-17-14-13-6-3-2-5-12(13)7-9-16-14/h2-3,5-7,9H,4,8,10-11H2,1H3,(H,16,17). The van der Waals surface area contributed by atoms with Gasteiger partial charge < -0.3 is 10.1 Å². The van der Waals surface area contributed by atoms with Gasteiger partial charge in [0.05, 0.1) is 5.60 Å². The molecule has 2 heterocycles. The number of fused-ring (bicyclic) bond motifs is 1. The van der Waals surface area contributed by atoms with Gasteiger partial charge in [-0.1, -0.05) is 24.3 Å². The molecule has 1 saturated heterocycles. The van der Waals surface area contributed by atoms with Crippen molar-refractivity contribution in [2.75, 3.05) is 18.5 Å². The van der Waals surface area contributed by atoms with Gasteiger partial charge >= 0.3 is 0 Å². The third-order valence-corrected chi connectivity index (χ3v) is 3.60. The molecule has 0 aliphatic carbocycles. The van der Waals surface area contributed by atoms with Crippen LogP contribution in [0.3, 0.4) is 0 Å². The second kappa shape index (κ2) is 4.58. The fraction of sp³-hybridized carbons (Fsp3) is 0.400. The summed E-state index contributed by atoms with van der Waals surface area (Å²) in [7, 11) is 0. The van der Waals surface area contributed by atoms with Gasteiger partial charge in [0.15, 0.2) is 0 Å². The van der Waals surface area contributed by atoms with E-state index in [9.17, 15) is 0 Å². The normalized spacial score (nSPS) is 23.4. The molecular formula is C15H18N2O. The fourth-order valence-corrected chi connectivity index (χ4v) is 2.51. The zero-order valence-electron chi connectivity index (χ0n) is 10.6. The highest BCUT2D eigenvalue weighted by Crippen LogP contribution is 2.26. The number of hydrogen-bond donors (Lipinski definition) is 1. The lowest BCUT2D eigenvalue weighted by atomic mass is 10.0. The molecule has 1 aromatic carbocycles. The summed E-state index contributed by atoms with van der Waals surface area (Å²) in [6.45, 7) is 3.85. The van der Waals surface area contributed by atoms with Crippen molar-refractivity contribution >= 4 is 16.6 Å².